The lowest BCUT2D eigenvalue weighted by Crippen LogP contribution is -2.46. The van der Waals surface area contributed by atoms with Crippen LogP contribution in [0.2, 0.25) is 5.02 Å². The van der Waals surface area contributed by atoms with Gasteiger partial charge in [-0.05, 0) is 36.7 Å². The standard InChI is InChI=1S/C21H28ClN3O2S/c1-5-24-10-12-25(13-11-24)17-14-19(18-9-7-6-8-16(18)2)21(22)20(15-17)28(26,27)23(3)4/h6-9,14-15H,5,10-13H2,1-4H3. The molecule has 2 aromatic carbocycles. The van der Waals surface area contributed by atoms with E-state index in [4.69, 9.17) is 11.6 Å². The van der Waals surface area contributed by atoms with Crippen LogP contribution in [0.4, 0.5) is 5.69 Å². The van der Waals surface area contributed by atoms with E-state index in [2.05, 4.69) is 16.7 Å². The van der Waals surface area contributed by atoms with Gasteiger partial charge >= 0.3 is 0 Å². The number of nitrogens with zero attached hydrogens (tertiary/aromatic N) is 3. The molecule has 1 heterocycles. The van der Waals surface area contributed by atoms with E-state index >= 15 is 0 Å². The molecule has 3 rings (SSSR count). The Morgan fingerprint density at radius 3 is 2.25 bits per heavy atom. The number of aryl methyl sites for hydroxylation is 1. The first-order chi connectivity index (χ1) is 13.3. The largest absolute Gasteiger partial charge is 0.369 e. The summed E-state index contributed by atoms with van der Waals surface area (Å²) in [6.45, 7) is 8.87. The van der Waals surface area contributed by atoms with E-state index in [0.29, 0.717) is 0 Å². The Morgan fingerprint density at radius 1 is 1.04 bits per heavy atom. The van der Waals surface area contributed by atoms with E-state index in [0.717, 1.165) is 55.1 Å². The van der Waals surface area contributed by atoms with Gasteiger partial charge in [0.1, 0.15) is 4.90 Å². The highest BCUT2D eigenvalue weighted by atomic mass is 35.5. The van der Waals surface area contributed by atoms with Crippen molar-refractivity contribution in [3.8, 4) is 11.1 Å². The third-order valence-electron chi connectivity index (χ3n) is 5.40. The number of rotatable bonds is 5. The fourth-order valence-corrected chi connectivity index (χ4v) is 5.05. The van der Waals surface area contributed by atoms with Gasteiger partial charge < -0.3 is 9.80 Å². The Labute approximate surface area is 173 Å². The van der Waals surface area contributed by atoms with Crippen LogP contribution >= 0.6 is 11.6 Å². The van der Waals surface area contributed by atoms with E-state index in [1.807, 2.05) is 37.3 Å². The number of likely N-dealkylation sites (N-methyl/N-ethyl adjacent to an activating group) is 1. The van der Waals surface area contributed by atoms with Crippen molar-refractivity contribution in [1.29, 1.82) is 0 Å². The smallest absolute Gasteiger partial charge is 0.244 e. The predicted molar refractivity (Wildman–Crippen MR) is 117 cm³/mol. The first-order valence-electron chi connectivity index (χ1n) is 9.55. The number of sulfonamides is 1. The van der Waals surface area contributed by atoms with Gasteiger partial charge in [-0.3, -0.25) is 0 Å². The van der Waals surface area contributed by atoms with Crippen LogP contribution in [0.1, 0.15) is 12.5 Å². The summed E-state index contributed by atoms with van der Waals surface area (Å²) in [6, 6.07) is 11.7. The number of hydrogen-bond acceptors (Lipinski definition) is 4. The SMILES string of the molecule is CCN1CCN(c2cc(-c3ccccc3C)c(Cl)c(S(=O)(=O)N(C)C)c2)CC1. The van der Waals surface area contributed by atoms with E-state index in [1.54, 1.807) is 6.07 Å². The highest BCUT2D eigenvalue weighted by molar-refractivity contribution is 7.89. The van der Waals surface area contributed by atoms with E-state index < -0.39 is 10.0 Å². The van der Waals surface area contributed by atoms with Gasteiger partial charge in [0.15, 0.2) is 0 Å². The molecule has 152 valence electrons. The second-order valence-electron chi connectivity index (χ2n) is 7.33. The summed E-state index contributed by atoms with van der Waals surface area (Å²) in [7, 11) is -0.596. The molecule has 0 spiro atoms. The van der Waals surface area contributed by atoms with Crippen molar-refractivity contribution < 1.29 is 8.42 Å². The zero-order valence-corrected chi connectivity index (χ0v) is 18.5. The lowest BCUT2D eigenvalue weighted by Gasteiger charge is -2.36. The van der Waals surface area contributed by atoms with Crippen molar-refractivity contribution in [2.24, 2.45) is 0 Å². The van der Waals surface area contributed by atoms with Crippen LogP contribution in [-0.2, 0) is 10.0 Å². The Balaban J connectivity index is 2.16. The molecular formula is C21H28ClN3O2S. The van der Waals surface area contributed by atoms with Gasteiger partial charge in [-0.15, -0.1) is 0 Å². The second-order valence-corrected chi connectivity index (χ2v) is 9.83. The predicted octanol–water partition coefficient (Wildman–Crippen LogP) is 3.71. The lowest BCUT2D eigenvalue weighted by molar-refractivity contribution is 0.271. The zero-order chi connectivity index (χ0) is 20.5. The molecule has 0 radical (unpaired) electrons. The van der Waals surface area contributed by atoms with Crippen molar-refractivity contribution in [2.45, 2.75) is 18.7 Å². The van der Waals surface area contributed by atoms with E-state index in [-0.39, 0.29) is 9.92 Å². The maximum absolute atomic E-state index is 13.0. The summed E-state index contributed by atoms with van der Waals surface area (Å²) >= 11 is 6.67. The average Bonchev–Trinajstić information content (AvgIpc) is 2.68. The number of halogens is 1. The second kappa shape index (κ2) is 8.41. The molecule has 0 saturated carbocycles. The fraction of sp³-hybridized carbons (Fsp3) is 0.429. The highest BCUT2D eigenvalue weighted by Crippen LogP contribution is 2.39. The molecule has 0 atom stereocenters. The van der Waals surface area contributed by atoms with Crippen molar-refractivity contribution >= 4 is 27.3 Å². The van der Waals surface area contributed by atoms with Gasteiger partial charge in [0.05, 0.1) is 5.02 Å². The molecule has 0 bridgehead atoms. The third kappa shape index (κ3) is 4.06. The van der Waals surface area contributed by atoms with Crippen LogP contribution in [-0.4, -0.2) is 64.4 Å². The first kappa shape index (κ1) is 21.1. The minimum absolute atomic E-state index is 0.160. The first-order valence-corrected chi connectivity index (χ1v) is 11.4. The Kier molecular flexibility index (Phi) is 6.34. The molecule has 1 fully saturated rings. The summed E-state index contributed by atoms with van der Waals surface area (Å²) in [5.74, 6) is 0. The van der Waals surface area contributed by atoms with Crippen LogP contribution < -0.4 is 4.90 Å². The highest BCUT2D eigenvalue weighted by Gasteiger charge is 2.26. The number of anilines is 1. The maximum atomic E-state index is 13.0. The molecule has 0 amide bonds. The van der Waals surface area contributed by atoms with Crippen molar-refractivity contribution in [1.82, 2.24) is 9.21 Å². The average molecular weight is 422 g/mol. The van der Waals surface area contributed by atoms with Crippen molar-refractivity contribution in [3.63, 3.8) is 0 Å². The maximum Gasteiger partial charge on any atom is 0.244 e. The molecule has 1 aliphatic rings. The van der Waals surface area contributed by atoms with Crippen molar-refractivity contribution in [2.75, 3.05) is 51.7 Å². The minimum atomic E-state index is -3.66. The molecule has 5 nitrogen and oxygen atoms in total. The lowest BCUT2D eigenvalue weighted by atomic mass is 9.99. The Bertz CT molecular complexity index is 952. The zero-order valence-electron chi connectivity index (χ0n) is 16.9. The van der Waals surface area contributed by atoms with E-state index in [1.165, 1.54) is 18.4 Å². The van der Waals surface area contributed by atoms with Gasteiger partial charge in [-0.25, -0.2) is 12.7 Å². The van der Waals surface area contributed by atoms with Crippen LogP contribution in [0.15, 0.2) is 41.3 Å². The normalized spacial score (nSPS) is 16.0. The monoisotopic (exact) mass is 421 g/mol. The Morgan fingerprint density at radius 2 is 1.68 bits per heavy atom. The number of piperazine rings is 1. The Hall–Kier alpha value is -1.60. The van der Waals surface area contributed by atoms with Crippen LogP contribution in [0.5, 0.6) is 0 Å². The summed E-state index contributed by atoms with van der Waals surface area (Å²) < 4.78 is 27.2. The molecule has 2 aromatic rings. The van der Waals surface area contributed by atoms with Gasteiger partial charge in [0, 0.05) is 51.5 Å². The minimum Gasteiger partial charge on any atom is -0.369 e. The molecule has 28 heavy (non-hydrogen) atoms. The fourth-order valence-electron chi connectivity index (χ4n) is 3.54. The topological polar surface area (TPSA) is 43.9 Å². The third-order valence-corrected chi connectivity index (χ3v) is 7.76. The summed E-state index contributed by atoms with van der Waals surface area (Å²) in [4.78, 5) is 4.80. The summed E-state index contributed by atoms with van der Waals surface area (Å²) in [6.07, 6.45) is 0. The van der Waals surface area contributed by atoms with Gasteiger partial charge in [-0.1, -0.05) is 42.8 Å². The van der Waals surface area contributed by atoms with E-state index in [9.17, 15) is 8.42 Å². The van der Waals surface area contributed by atoms with Gasteiger partial charge in [0.25, 0.3) is 0 Å². The van der Waals surface area contributed by atoms with Gasteiger partial charge in [0.2, 0.25) is 10.0 Å². The molecule has 7 heteroatoms. The number of benzene rings is 2. The van der Waals surface area contributed by atoms with Crippen LogP contribution in [0, 0.1) is 6.92 Å². The summed E-state index contributed by atoms with van der Waals surface area (Å²) in [5.41, 5.74) is 3.68. The van der Waals surface area contributed by atoms with Crippen LogP contribution in [0.3, 0.4) is 0 Å². The molecular weight excluding hydrogens is 394 g/mol. The summed E-state index contributed by atoms with van der Waals surface area (Å²) in [5, 5.41) is 0.277. The molecule has 1 aliphatic heterocycles. The van der Waals surface area contributed by atoms with Crippen molar-refractivity contribution in [3.05, 3.63) is 47.0 Å². The van der Waals surface area contributed by atoms with Gasteiger partial charge in [-0.2, -0.15) is 0 Å². The molecule has 1 saturated heterocycles. The number of hydrogen-bond donors (Lipinski definition) is 0. The molecule has 0 aromatic heterocycles. The molecule has 0 N–H and O–H groups in total. The van der Waals surface area contributed by atoms with Crippen LogP contribution in [0.25, 0.3) is 11.1 Å². The molecule has 0 aliphatic carbocycles. The molecule has 0 unspecified atom stereocenters. The quantitative estimate of drug-likeness (QED) is 0.738.